The van der Waals surface area contributed by atoms with Gasteiger partial charge in [0.05, 0.1) is 24.1 Å². The molecule has 0 aromatic carbocycles. The van der Waals surface area contributed by atoms with Gasteiger partial charge in [0.25, 0.3) is 0 Å². The van der Waals surface area contributed by atoms with Crippen molar-refractivity contribution in [3.8, 4) is 0 Å². The Morgan fingerprint density at radius 1 is 1.42 bits per heavy atom. The van der Waals surface area contributed by atoms with E-state index in [-0.39, 0.29) is 6.17 Å². The average Bonchev–Trinajstić information content (AvgIpc) is 3.15. The minimum Gasteiger partial charge on any atom is -0.366 e. The molecule has 3 heterocycles. The van der Waals surface area contributed by atoms with Crippen LogP contribution in [0.4, 0.5) is 5.69 Å². The van der Waals surface area contributed by atoms with Crippen LogP contribution in [0.2, 0.25) is 0 Å². The lowest BCUT2D eigenvalue weighted by Crippen LogP contribution is -2.42. The van der Waals surface area contributed by atoms with Gasteiger partial charge in [-0.1, -0.05) is 0 Å². The van der Waals surface area contributed by atoms with E-state index in [4.69, 9.17) is 5.73 Å². The fourth-order valence-electron chi connectivity index (χ4n) is 3.55. The van der Waals surface area contributed by atoms with E-state index in [9.17, 15) is 0 Å². The van der Waals surface area contributed by atoms with Crippen LogP contribution < -0.4 is 11.1 Å². The first-order valence-corrected chi connectivity index (χ1v) is 7.06. The third-order valence-electron chi connectivity index (χ3n) is 4.61. The van der Waals surface area contributed by atoms with Gasteiger partial charge in [0.2, 0.25) is 0 Å². The molecule has 6 heteroatoms. The number of aromatic nitrogens is 1. The minimum atomic E-state index is 0.229. The zero-order valence-electron chi connectivity index (χ0n) is 10.9. The molecule has 0 radical (unpaired) electrons. The van der Waals surface area contributed by atoms with Crippen molar-refractivity contribution in [3.05, 3.63) is 18.0 Å². The van der Waals surface area contributed by atoms with Gasteiger partial charge in [-0.05, 0) is 37.8 Å². The first-order chi connectivity index (χ1) is 9.36. The number of hydrogen-bond donors (Lipinski definition) is 3. The lowest BCUT2D eigenvalue weighted by Gasteiger charge is -2.37. The highest BCUT2D eigenvalue weighted by Gasteiger charge is 2.40. The first-order valence-electron chi connectivity index (χ1n) is 7.06. The van der Waals surface area contributed by atoms with Gasteiger partial charge in [-0.2, -0.15) is 5.10 Å². The zero-order valence-corrected chi connectivity index (χ0v) is 10.9. The molecule has 1 unspecified atom stereocenters. The third kappa shape index (κ3) is 1.63. The monoisotopic (exact) mass is 260 g/mol. The summed E-state index contributed by atoms with van der Waals surface area (Å²) >= 11 is 0. The summed E-state index contributed by atoms with van der Waals surface area (Å²) in [4.78, 5) is 5.60. The predicted molar refractivity (Wildman–Crippen MR) is 74.4 cm³/mol. The molecule has 1 aliphatic carbocycles. The van der Waals surface area contributed by atoms with Crippen LogP contribution in [0.3, 0.4) is 0 Å². The molecule has 1 aromatic heterocycles. The molecular weight excluding hydrogens is 240 g/mol. The summed E-state index contributed by atoms with van der Waals surface area (Å²) in [5.41, 5.74) is 8.22. The van der Waals surface area contributed by atoms with Crippen molar-refractivity contribution in [2.24, 2.45) is 16.8 Å². The van der Waals surface area contributed by atoms with Gasteiger partial charge in [0.1, 0.15) is 6.34 Å². The Hall–Kier alpha value is -1.69. The fourth-order valence-corrected chi connectivity index (χ4v) is 3.55. The third-order valence-corrected chi connectivity index (χ3v) is 4.61. The van der Waals surface area contributed by atoms with E-state index in [1.54, 1.807) is 0 Å². The number of anilines is 1. The summed E-state index contributed by atoms with van der Waals surface area (Å²) in [6.07, 6.45) is 7.78. The molecule has 1 saturated carbocycles. The number of rotatable bonds is 2. The number of aromatic amines is 1. The summed E-state index contributed by atoms with van der Waals surface area (Å²) in [5.74, 6) is 0.666. The molecule has 3 atom stereocenters. The summed E-state index contributed by atoms with van der Waals surface area (Å²) in [6.45, 7) is 1.63. The van der Waals surface area contributed by atoms with Gasteiger partial charge in [-0.3, -0.25) is 5.01 Å². The highest BCUT2D eigenvalue weighted by atomic mass is 15.6. The number of hydrogen-bond acceptors (Lipinski definition) is 5. The molecule has 4 rings (SSSR count). The number of nitrogens with one attached hydrogen (secondary N) is 2. The predicted octanol–water partition coefficient (Wildman–Crippen LogP) is 1.08. The smallest absolute Gasteiger partial charge is 0.163 e. The topological polar surface area (TPSA) is 72.7 Å². The molecule has 4 N–H and O–H groups in total. The summed E-state index contributed by atoms with van der Waals surface area (Å²) < 4.78 is 0. The van der Waals surface area contributed by atoms with Gasteiger partial charge in [-0.25, -0.2) is 0 Å². The van der Waals surface area contributed by atoms with Crippen molar-refractivity contribution in [2.45, 2.75) is 31.5 Å². The maximum Gasteiger partial charge on any atom is 0.163 e. The number of H-pyrrole nitrogens is 1. The van der Waals surface area contributed by atoms with Gasteiger partial charge >= 0.3 is 0 Å². The van der Waals surface area contributed by atoms with Gasteiger partial charge < -0.3 is 20.9 Å². The molecule has 6 nitrogen and oxygen atoms in total. The molecule has 0 spiro atoms. The standard InChI is InChI=1S/C13H20N6/c14-6-9-1-2-10(5-9)19-13-12-11(3-4-15-12)16-7-18(13)8-17-19/h3-4,8-10,13,15-16H,1-2,5-7,14H2/t9-,10-,13?/m1/s1. The summed E-state index contributed by atoms with van der Waals surface area (Å²) in [7, 11) is 0. The number of hydrazone groups is 1. The first kappa shape index (κ1) is 11.2. The van der Waals surface area contributed by atoms with E-state index < -0.39 is 0 Å². The molecule has 2 aliphatic heterocycles. The van der Waals surface area contributed by atoms with Crippen LogP contribution in [0.5, 0.6) is 0 Å². The van der Waals surface area contributed by atoms with Crippen molar-refractivity contribution in [3.63, 3.8) is 0 Å². The van der Waals surface area contributed by atoms with Crippen LogP contribution in [0, 0.1) is 5.92 Å². The molecule has 102 valence electrons. The van der Waals surface area contributed by atoms with E-state index in [0.717, 1.165) is 13.2 Å². The maximum atomic E-state index is 5.80. The molecule has 0 bridgehead atoms. The van der Waals surface area contributed by atoms with Crippen LogP contribution in [-0.4, -0.2) is 40.5 Å². The van der Waals surface area contributed by atoms with E-state index in [0.29, 0.717) is 12.0 Å². The Balaban J connectivity index is 1.60. The second-order valence-electron chi connectivity index (χ2n) is 5.71. The van der Waals surface area contributed by atoms with Crippen molar-refractivity contribution < 1.29 is 0 Å². The Labute approximate surface area is 112 Å². The van der Waals surface area contributed by atoms with Crippen LogP contribution >= 0.6 is 0 Å². The molecule has 0 amide bonds. The number of nitrogens with zero attached hydrogens (tertiary/aromatic N) is 3. The minimum absolute atomic E-state index is 0.229. The van der Waals surface area contributed by atoms with E-state index in [2.05, 4.69) is 31.4 Å². The molecule has 3 aliphatic rings. The Morgan fingerprint density at radius 2 is 2.37 bits per heavy atom. The molecular formula is C13H20N6. The second kappa shape index (κ2) is 4.16. The van der Waals surface area contributed by atoms with Gasteiger partial charge in [0, 0.05) is 6.20 Å². The fraction of sp³-hybridized carbons (Fsp3) is 0.615. The number of nitrogens with two attached hydrogens (primary N) is 1. The molecule has 1 fully saturated rings. The Morgan fingerprint density at radius 3 is 3.21 bits per heavy atom. The van der Waals surface area contributed by atoms with E-state index in [1.165, 1.54) is 30.6 Å². The van der Waals surface area contributed by atoms with Crippen molar-refractivity contribution >= 4 is 12.0 Å². The van der Waals surface area contributed by atoms with E-state index in [1.807, 2.05) is 12.5 Å². The quantitative estimate of drug-likeness (QED) is 0.744. The normalized spacial score (nSPS) is 32.4. The largest absolute Gasteiger partial charge is 0.366 e. The highest BCUT2D eigenvalue weighted by molar-refractivity contribution is 5.63. The van der Waals surface area contributed by atoms with Crippen molar-refractivity contribution in [1.29, 1.82) is 0 Å². The second-order valence-corrected chi connectivity index (χ2v) is 5.71. The molecule has 19 heavy (non-hydrogen) atoms. The highest BCUT2D eigenvalue weighted by Crippen LogP contribution is 2.41. The lowest BCUT2D eigenvalue weighted by atomic mass is 10.1. The average molecular weight is 260 g/mol. The van der Waals surface area contributed by atoms with Gasteiger partial charge in [0.15, 0.2) is 6.17 Å². The van der Waals surface area contributed by atoms with Crippen molar-refractivity contribution in [2.75, 3.05) is 18.5 Å². The lowest BCUT2D eigenvalue weighted by molar-refractivity contribution is 0.0821. The van der Waals surface area contributed by atoms with E-state index >= 15 is 0 Å². The Bertz CT molecular complexity index is 495. The number of fused-ring (bicyclic) bond motifs is 3. The van der Waals surface area contributed by atoms with Crippen LogP contribution in [-0.2, 0) is 0 Å². The summed E-state index contributed by atoms with van der Waals surface area (Å²) in [5, 5.41) is 10.3. The molecule has 0 saturated heterocycles. The van der Waals surface area contributed by atoms with Crippen molar-refractivity contribution in [1.82, 2.24) is 14.9 Å². The molecule has 1 aromatic rings. The summed E-state index contributed by atoms with van der Waals surface area (Å²) in [6, 6.07) is 2.62. The zero-order chi connectivity index (χ0) is 12.8. The van der Waals surface area contributed by atoms with Crippen LogP contribution in [0.15, 0.2) is 17.4 Å². The Kier molecular flexibility index (Phi) is 2.44. The maximum absolute atomic E-state index is 5.80. The van der Waals surface area contributed by atoms with Crippen LogP contribution in [0.1, 0.15) is 31.1 Å². The van der Waals surface area contributed by atoms with Crippen LogP contribution in [0.25, 0.3) is 0 Å². The SMILES string of the molecule is NC[C@@H]1CC[C@@H](N2N=CN3CNc4cc[nH]c4C32)C1. The van der Waals surface area contributed by atoms with Gasteiger partial charge in [-0.15, -0.1) is 0 Å².